The Kier molecular flexibility index (Phi) is 5.26. The van der Waals surface area contributed by atoms with Crippen LogP contribution in [0.2, 0.25) is 0 Å². The number of nitrogens with two attached hydrogens (primary N) is 1. The molecule has 0 aliphatic heterocycles. The zero-order valence-electron chi connectivity index (χ0n) is 13.5. The molecule has 1 aliphatic rings. The van der Waals surface area contributed by atoms with E-state index < -0.39 is 0 Å². The first-order valence-corrected chi connectivity index (χ1v) is 8.30. The molecule has 0 amide bonds. The second kappa shape index (κ2) is 6.76. The smallest absolute Gasteiger partial charge is 0.00461 e. The third-order valence-electron chi connectivity index (χ3n) is 4.94. The number of rotatable bonds is 3. The quantitative estimate of drug-likeness (QED) is 0.795. The first-order valence-electron chi connectivity index (χ1n) is 8.30. The number of hydrogen-bond donors (Lipinski definition) is 1. The molecule has 2 N–H and O–H groups in total. The summed E-state index contributed by atoms with van der Waals surface area (Å²) in [6.45, 7) is 7.69. The topological polar surface area (TPSA) is 26.0 Å². The maximum atomic E-state index is 6.00. The van der Waals surface area contributed by atoms with Crippen molar-refractivity contribution in [3.05, 3.63) is 35.4 Å². The molecule has 1 heteroatoms. The number of hydrogen-bond acceptors (Lipinski definition) is 1. The summed E-state index contributed by atoms with van der Waals surface area (Å²) in [5.41, 5.74) is 9.17. The van der Waals surface area contributed by atoms with Gasteiger partial charge in [0.05, 0.1) is 0 Å². The van der Waals surface area contributed by atoms with Gasteiger partial charge in [-0.15, -0.1) is 0 Å². The maximum absolute atomic E-state index is 6.00. The normalized spacial score (nSPS) is 24.4. The average molecular weight is 273 g/mol. The first-order chi connectivity index (χ1) is 9.50. The van der Waals surface area contributed by atoms with Crippen LogP contribution in [0.4, 0.5) is 0 Å². The summed E-state index contributed by atoms with van der Waals surface area (Å²) in [6, 6.07) is 9.28. The molecule has 1 fully saturated rings. The largest absolute Gasteiger partial charge is 0.330 e. The fourth-order valence-corrected chi connectivity index (χ4v) is 3.48. The van der Waals surface area contributed by atoms with E-state index in [4.69, 9.17) is 5.73 Å². The van der Waals surface area contributed by atoms with Gasteiger partial charge in [-0.05, 0) is 54.2 Å². The Hall–Kier alpha value is -0.820. The lowest BCUT2D eigenvalue weighted by atomic mass is 9.82. The molecule has 1 aromatic carbocycles. The Morgan fingerprint density at radius 3 is 2.10 bits per heavy atom. The van der Waals surface area contributed by atoms with Crippen molar-refractivity contribution in [1.29, 1.82) is 0 Å². The van der Waals surface area contributed by atoms with Crippen molar-refractivity contribution >= 4 is 0 Å². The summed E-state index contributed by atoms with van der Waals surface area (Å²) in [6.07, 6.45) is 8.08. The minimum atomic E-state index is 0.251. The summed E-state index contributed by atoms with van der Waals surface area (Å²) >= 11 is 0. The maximum Gasteiger partial charge on any atom is -0.00461 e. The second-order valence-electron chi connectivity index (χ2n) is 7.54. The molecule has 2 rings (SSSR count). The van der Waals surface area contributed by atoms with Crippen molar-refractivity contribution in [2.24, 2.45) is 17.6 Å². The van der Waals surface area contributed by atoms with E-state index in [0.29, 0.717) is 0 Å². The molecule has 2 unspecified atom stereocenters. The molecular weight excluding hydrogens is 242 g/mol. The summed E-state index contributed by atoms with van der Waals surface area (Å²) in [5, 5.41) is 0. The van der Waals surface area contributed by atoms with Gasteiger partial charge in [0, 0.05) is 0 Å². The highest BCUT2D eigenvalue weighted by molar-refractivity contribution is 5.27. The van der Waals surface area contributed by atoms with Gasteiger partial charge in [-0.25, -0.2) is 0 Å². The zero-order valence-corrected chi connectivity index (χ0v) is 13.5. The lowest BCUT2D eigenvalue weighted by Gasteiger charge is -2.24. The van der Waals surface area contributed by atoms with Gasteiger partial charge in [0.15, 0.2) is 0 Å². The van der Waals surface area contributed by atoms with E-state index in [1.165, 1.54) is 49.7 Å². The highest BCUT2D eigenvalue weighted by Crippen LogP contribution is 2.31. The molecule has 0 spiro atoms. The van der Waals surface area contributed by atoms with Crippen LogP contribution >= 0.6 is 0 Å². The standard InChI is InChI=1S/C19H31N/c1-19(2,3)18-11-9-15(10-12-18)13-16-7-5-4-6-8-17(16)14-20/h9-12,16-17H,4-8,13-14,20H2,1-3H3. The van der Waals surface area contributed by atoms with Crippen molar-refractivity contribution in [3.63, 3.8) is 0 Å². The molecule has 112 valence electrons. The molecular formula is C19H31N. The Morgan fingerprint density at radius 1 is 0.950 bits per heavy atom. The lowest BCUT2D eigenvalue weighted by molar-refractivity contribution is 0.318. The summed E-state index contributed by atoms with van der Waals surface area (Å²) < 4.78 is 0. The van der Waals surface area contributed by atoms with Crippen LogP contribution in [0.5, 0.6) is 0 Å². The Morgan fingerprint density at radius 2 is 1.55 bits per heavy atom. The predicted octanol–water partition coefficient (Wildman–Crippen LogP) is 4.68. The van der Waals surface area contributed by atoms with Crippen LogP contribution in [0, 0.1) is 11.8 Å². The van der Waals surface area contributed by atoms with E-state index >= 15 is 0 Å². The molecule has 20 heavy (non-hydrogen) atoms. The first kappa shape index (κ1) is 15.6. The van der Waals surface area contributed by atoms with Gasteiger partial charge >= 0.3 is 0 Å². The fourth-order valence-electron chi connectivity index (χ4n) is 3.48. The van der Waals surface area contributed by atoms with Gasteiger partial charge in [0.2, 0.25) is 0 Å². The average Bonchev–Trinajstić information content (AvgIpc) is 2.63. The van der Waals surface area contributed by atoms with E-state index in [2.05, 4.69) is 45.0 Å². The minimum absolute atomic E-state index is 0.251. The van der Waals surface area contributed by atoms with Crippen LogP contribution in [0.15, 0.2) is 24.3 Å². The molecule has 0 bridgehead atoms. The molecule has 0 saturated heterocycles. The minimum Gasteiger partial charge on any atom is -0.330 e. The molecule has 0 aromatic heterocycles. The van der Waals surface area contributed by atoms with E-state index in [0.717, 1.165) is 18.4 Å². The predicted molar refractivity (Wildman–Crippen MR) is 88.0 cm³/mol. The Bertz CT molecular complexity index is 399. The van der Waals surface area contributed by atoms with Gasteiger partial charge < -0.3 is 5.73 Å². The highest BCUT2D eigenvalue weighted by atomic mass is 14.6. The fraction of sp³-hybridized carbons (Fsp3) is 0.684. The van der Waals surface area contributed by atoms with Crippen LogP contribution in [0.3, 0.4) is 0 Å². The zero-order chi connectivity index (χ0) is 14.6. The Labute approximate surface area is 125 Å². The van der Waals surface area contributed by atoms with Crippen molar-refractivity contribution < 1.29 is 0 Å². The van der Waals surface area contributed by atoms with Gasteiger partial charge in [-0.2, -0.15) is 0 Å². The van der Waals surface area contributed by atoms with Crippen LogP contribution in [0.1, 0.15) is 64.0 Å². The third-order valence-corrected chi connectivity index (χ3v) is 4.94. The molecule has 0 radical (unpaired) electrons. The summed E-state index contributed by atoms with van der Waals surface area (Å²) in [4.78, 5) is 0. The molecule has 0 heterocycles. The van der Waals surface area contributed by atoms with E-state index in [1.807, 2.05) is 0 Å². The SMILES string of the molecule is CC(C)(C)c1ccc(CC2CCCCCC2CN)cc1. The van der Waals surface area contributed by atoms with Crippen LogP contribution in [0.25, 0.3) is 0 Å². The Balaban J connectivity index is 2.04. The second-order valence-corrected chi connectivity index (χ2v) is 7.54. The lowest BCUT2D eigenvalue weighted by Crippen LogP contribution is -2.24. The summed E-state index contributed by atoms with van der Waals surface area (Å²) in [7, 11) is 0. The van der Waals surface area contributed by atoms with E-state index in [-0.39, 0.29) is 5.41 Å². The molecule has 1 aromatic rings. The summed E-state index contributed by atoms with van der Waals surface area (Å²) in [5.74, 6) is 1.53. The highest BCUT2D eigenvalue weighted by Gasteiger charge is 2.23. The molecule has 2 atom stereocenters. The molecule has 1 nitrogen and oxygen atoms in total. The monoisotopic (exact) mass is 273 g/mol. The van der Waals surface area contributed by atoms with Crippen molar-refractivity contribution in [2.45, 2.75) is 64.7 Å². The van der Waals surface area contributed by atoms with Crippen LogP contribution < -0.4 is 5.73 Å². The van der Waals surface area contributed by atoms with Gasteiger partial charge in [0.25, 0.3) is 0 Å². The number of benzene rings is 1. The van der Waals surface area contributed by atoms with Crippen molar-refractivity contribution in [1.82, 2.24) is 0 Å². The van der Waals surface area contributed by atoms with Gasteiger partial charge in [-0.1, -0.05) is 64.3 Å². The van der Waals surface area contributed by atoms with E-state index in [9.17, 15) is 0 Å². The van der Waals surface area contributed by atoms with Gasteiger partial charge in [0.1, 0.15) is 0 Å². The van der Waals surface area contributed by atoms with Crippen molar-refractivity contribution in [2.75, 3.05) is 6.54 Å². The molecule has 1 aliphatic carbocycles. The van der Waals surface area contributed by atoms with Crippen LogP contribution in [-0.2, 0) is 11.8 Å². The van der Waals surface area contributed by atoms with E-state index in [1.54, 1.807) is 0 Å². The van der Waals surface area contributed by atoms with Gasteiger partial charge in [-0.3, -0.25) is 0 Å². The third kappa shape index (κ3) is 4.09. The van der Waals surface area contributed by atoms with Crippen molar-refractivity contribution in [3.8, 4) is 0 Å². The van der Waals surface area contributed by atoms with Crippen LogP contribution in [-0.4, -0.2) is 6.54 Å². The molecule has 1 saturated carbocycles.